The molecule has 1 amide bonds. The molecule has 0 radical (unpaired) electrons. The van der Waals surface area contributed by atoms with E-state index in [0.717, 1.165) is 17.0 Å². The maximum atomic E-state index is 12.9. The molecule has 1 aliphatic rings. The molecule has 1 heterocycles. The monoisotopic (exact) mass is 586 g/mol. The van der Waals surface area contributed by atoms with Crippen LogP contribution in [0.3, 0.4) is 0 Å². The highest BCUT2D eigenvalue weighted by molar-refractivity contribution is 6.49. The predicted molar refractivity (Wildman–Crippen MR) is 162 cm³/mol. The number of allylic oxidation sites excluding steroid dienone is 3. The Balaban J connectivity index is 1.56. The van der Waals surface area contributed by atoms with E-state index in [4.69, 9.17) is 30.5 Å². The molecular weight excluding hydrogens is 556 g/mol. The van der Waals surface area contributed by atoms with Crippen molar-refractivity contribution < 1.29 is 23.5 Å². The van der Waals surface area contributed by atoms with Crippen LogP contribution in [0.1, 0.15) is 36.4 Å². The van der Waals surface area contributed by atoms with Crippen molar-refractivity contribution in [3.8, 4) is 17.6 Å². The van der Waals surface area contributed by atoms with Crippen molar-refractivity contribution in [3.05, 3.63) is 94.6 Å². The van der Waals surface area contributed by atoms with E-state index in [2.05, 4.69) is 11.4 Å². The molecule has 0 spiro atoms. The molecule has 1 unspecified atom stereocenters. The predicted octanol–water partition coefficient (Wildman–Crippen LogP) is 6.27. The summed E-state index contributed by atoms with van der Waals surface area (Å²) in [5, 5.41) is 12.3. The van der Waals surface area contributed by atoms with Gasteiger partial charge in [0.2, 0.25) is 5.78 Å². The molecule has 10 heteroatoms. The van der Waals surface area contributed by atoms with E-state index >= 15 is 0 Å². The third kappa shape index (κ3) is 6.90. The van der Waals surface area contributed by atoms with E-state index < -0.39 is 17.7 Å². The van der Waals surface area contributed by atoms with Crippen molar-refractivity contribution >= 4 is 40.4 Å². The summed E-state index contributed by atoms with van der Waals surface area (Å²) in [6.07, 6.45) is 3.37. The summed E-state index contributed by atoms with van der Waals surface area (Å²) in [7, 11) is 1.61. The van der Waals surface area contributed by atoms with E-state index in [9.17, 15) is 14.9 Å². The van der Waals surface area contributed by atoms with Crippen LogP contribution in [0.15, 0.2) is 92.6 Å². The Morgan fingerprint density at radius 1 is 1.19 bits per heavy atom. The van der Waals surface area contributed by atoms with Crippen molar-refractivity contribution in [1.82, 2.24) is 5.32 Å². The summed E-state index contributed by atoms with van der Waals surface area (Å²) in [6.45, 7) is 6.48. The van der Waals surface area contributed by atoms with Crippen molar-refractivity contribution in [2.45, 2.75) is 33.2 Å². The van der Waals surface area contributed by atoms with Crippen molar-refractivity contribution in [3.63, 3.8) is 0 Å². The van der Waals surface area contributed by atoms with Gasteiger partial charge in [-0.25, -0.2) is 4.99 Å². The standard InChI is InChI=1S/C32H31ClN4O5/c1-5-25-27(18-28(31(38)30(25)33)36-32(39)29-7-6-15-42-29)35-26-13-8-22(17-20(26)2)37(21(3)19-34)14-16-41-24-11-9-23(40-4)10-12-24/h6-13,15,17-18,21H,5,14,16H2,1-4H3,(H,36,39)/b35-27+. The number of carbonyl (C=O) groups excluding carboxylic acids is 2. The zero-order valence-electron chi connectivity index (χ0n) is 23.8. The highest BCUT2D eigenvalue weighted by Crippen LogP contribution is 2.30. The molecule has 0 saturated heterocycles. The van der Waals surface area contributed by atoms with E-state index in [1.54, 1.807) is 13.2 Å². The number of Topliss-reactive ketones (excluding diaryl/α,β-unsaturated/α-hetero) is 1. The van der Waals surface area contributed by atoms with Crippen molar-refractivity contribution in [2.24, 2.45) is 4.99 Å². The van der Waals surface area contributed by atoms with Crippen LogP contribution in [0, 0.1) is 18.3 Å². The van der Waals surface area contributed by atoms with Gasteiger partial charge < -0.3 is 24.1 Å². The van der Waals surface area contributed by atoms with E-state index in [-0.39, 0.29) is 16.5 Å². The van der Waals surface area contributed by atoms with Crippen molar-refractivity contribution in [2.75, 3.05) is 25.2 Å². The van der Waals surface area contributed by atoms with Gasteiger partial charge in [-0.1, -0.05) is 18.5 Å². The van der Waals surface area contributed by atoms with E-state index in [1.807, 2.05) is 68.1 Å². The van der Waals surface area contributed by atoms with Crippen LogP contribution in [-0.2, 0) is 4.79 Å². The molecule has 1 atom stereocenters. The van der Waals surface area contributed by atoms with Crippen molar-refractivity contribution in [1.29, 1.82) is 5.26 Å². The Hall–Kier alpha value is -4.81. The number of hydrogen-bond acceptors (Lipinski definition) is 8. The number of halogens is 1. The first-order chi connectivity index (χ1) is 20.2. The Morgan fingerprint density at radius 2 is 1.93 bits per heavy atom. The molecule has 42 heavy (non-hydrogen) atoms. The highest BCUT2D eigenvalue weighted by atomic mass is 35.5. The number of ketones is 1. The summed E-state index contributed by atoms with van der Waals surface area (Å²) in [4.78, 5) is 32.2. The second-order valence-electron chi connectivity index (χ2n) is 9.45. The topological polar surface area (TPSA) is 117 Å². The lowest BCUT2D eigenvalue weighted by Gasteiger charge is -2.27. The van der Waals surface area contributed by atoms with Gasteiger partial charge in [0.15, 0.2) is 5.76 Å². The Kier molecular flexibility index (Phi) is 9.84. The average Bonchev–Trinajstić information content (AvgIpc) is 3.55. The number of carbonyl (C=O) groups is 2. The van der Waals surface area contributed by atoms with Gasteiger partial charge in [0, 0.05) is 11.3 Å². The number of amides is 1. The molecule has 4 rings (SSSR count). The molecule has 1 aliphatic carbocycles. The number of nitrogens with zero attached hydrogens (tertiary/aromatic N) is 3. The maximum Gasteiger partial charge on any atom is 0.291 e. The molecule has 9 nitrogen and oxygen atoms in total. The van der Waals surface area contributed by atoms with Gasteiger partial charge in [-0.15, -0.1) is 0 Å². The number of anilines is 1. The number of ether oxygens (including phenoxy) is 2. The second kappa shape index (κ2) is 13.7. The first kappa shape index (κ1) is 30.2. The highest BCUT2D eigenvalue weighted by Gasteiger charge is 2.27. The number of nitrogens with one attached hydrogen (secondary N) is 1. The quantitative estimate of drug-likeness (QED) is 0.263. The molecule has 1 N–H and O–H groups in total. The van der Waals surface area contributed by atoms with Crippen LogP contribution >= 0.6 is 11.6 Å². The fourth-order valence-corrected chi connectivity index (χ4v) is 4.73. The first-order valence-corrected chi connectivity index (χ1v) is 13.8. The van der Waals surface area contributed by atoms with Gasteiger partial charge in [0.05, 0.1) is 48.1 Å². The average molecular weight is 587 g/mol. The largest absolute Gasteiger partial charge is 0.497 e. The fraction of sp³-hybridized carbons (Fsp3) is 0.250. The Morgan fingerprint density at radius 3 is 2.55 bits per heavy atom. The minimum absolute atomic E-state index is 0.00801. The summed E-state index contributed by atoms with van der Waals surface area (Å²) < 4.78 is 16.2. The molecular formula is C32H31ClN4O5. The lowest BCUT2D eigenvalue weighted by molar-refractivity contribution is -0.112. The SMILES string of the molecule is CCC1=C(Cl)C(=O)C(NC(=O)c2ccco2)=C/C1=N\c1ccc(N(CCOc2ccc(OC)cc2)C(C)C#N)cc1C. The molecule has 3 aromatic rings. The van der Waals surface area contributed by atoms with Gasteiger partial charge in [-0.3, -0.25) is 9.59 Å². The number of furan rings is 1. The smallest absolute Gasteiger partial charge is 0.291 e. The van der Waals surface area contributed by atoms with Crippen LogP contribution in [-0.4, -0.2) is 43.7 Å². The minimum Gasteiger partial charge on any atom is -0.497 e. The van der Waals surface area contributed by atoms with Gasteiger partial charge in [-0.2, -0.15) is 5.26 Å². The van der Waals surface area contributed by atoms with Crippen LogP contribution < -0.4 is 19.7 Å². The summed E-state index contributed by atoms with van der Waals surface area (Å²) >= 11 is 6.44. The molecule has 0 aliphatic heterocycles. The van der Waals surface area contributed by atoms with Gasteiger partial charge in [-0.05, 0) is 86.5 Å². The normalized spacial score (nSPS) is 14.7. The molecule has 0 fully saturated rings. The lowest BCUT2D eigenvalue weighted by atomic mass is 9.97. The Bertz CT molecular complexity index is 1580. The second-order valence-corrected chi connectivity index (χ2v) is 9.83. The van der Waals surface area contributed by atoms with Gasteiger partial charge >= 0.3 is 0 Å². The zero-order valence-corrected chi connectivity index (χ0v) is 24.6. The minimum atomic E-state index is -0.563. The molecule has 216 valence electrons. The third-order valence-electron chi connectivity index (χ3n) is 6.71. The molecule has 0 bridgehead atoms. The maximum absolute atomic E-state index is 12.9. The van der Waals surface area contributed by atoms with Crippen LogP contribution in [0.5, 0.6) is 11.5 Å². The van der Waals surface area contributed by atoms with E-state index in [0.29, 0.717) is 42.3 Å². The zero-order chi connectivity index (χ0) is 30.2. The number of nitriles is 1. The number of aliphatic imine (C=N–C) groups is 1. The van der Waals surface area contributed by atoms with Gasteiger partial charge in [0.1, 0.15) is 24.1 Å². The fourth-order valence-electron chi connectivity index (χ4n) is 4.40. The Labute approximate surface area is 249 Å². The van der Waals surface area contributed by atoms with E-state index in [1.165, 1.54) is 18.4 Å². The number of hydrogen-bond donors (Lipinski definition) is 1. The first-order valence-electron chi connectivity index (χ1n) is 13.4. The molecule has 1 aromatic heterocycles. The number of benzene rings is 2. The number of rotatable bonds is 11. The lowest BCUT2D eigenvalue weighted by Crippen LogP contribution is -2.35. The molecule has 0 saturated carbocycles. The van der Waals surface area contributed by atoms with Gasteiger partial charge in [0.25, 0.3) is 5.91 Å². The number of methoxy groups -OCH3 is 1. The molecule has 2 aromatic carbocycles. The third-order valence-corrected chi connectivity index (χ3v) is 7.11. The van der Waals surface area contributed by atoms with Crippen LogP contribution in [0.2, 0.25) is 0 Å². The van der Waals surface area contributed by atoms with Crippen LogP contribution in [0.25, 0.3) is 0 Å². The summed E-state index contributed by atoms with van der Waals surface area (Å²) in [6, 6.07) is 18.0. The summed E-state index contributed by atoms with van der Waals surface area (Å²) in [5.74, 6) is 0.472. The number of aryl methyl sites for hydroxylation is 1. The van der Waals surface area contributed by atoms with Crippen LogP contribution in [0.4, 0.5) is 11.4 Å². The summed E-state index contributed by atoms with van der Waals surface area (Å²) in [5.41, 5.74) is 3.42.